The molecule has 0 aliphatic rings. The largest absolute Gasteiger partial charge is 0.296 e. The van der Waals surface area contributed by atoms with Crippen LogP contribution in [0.2, 0.25) is 0 Å². The Morgan fingerprint density at radius 1 is 1.57 bits per heavy atom. The first-order valence-electron chi connectivity index (χ1n) is 3.98. The van der Waals surface area contributed by atoms with E-state index in [1.54, 1.807) is 12.3 Å². The first kappa shape index (κ1) is 9.97. The highest BCUT2D eigenvalue weighted by Crippen LogP contribution is 2.26. The van der Waals surface area contributed by atoms with E-state index < -0.39 is 0 Å². The Hall–Kier alpha value is -0.560. The first-order chi connectivity index (χ1) is 6.76. The van der Waals surface area contributed by atoms with E-state index in [0.29, 0.717) is 5.69 Å². The van der Waals surface area contributed by atoms with Crippen molar-refractivity contribution in [1.29, 1.82) is 0 Å². The number of carbonyl (C=O) groups is 1. The molecule has 0 bridgehead atoms. The molecule has 0 fully saturated rings. The van der Waals surface area contributed by atoms with E-state index in [-0.39, 0.29) is 0 Å². The van der Waals surface area contributed by atoms with Crippen molar-refractivity contribution in [3.63, 3.8) is 0 Å². The molecule has 3 nitrogen and oxygen atoms in total. The summed E-state index contributed by atoms with van der Waals surface area (Å²) >= 11 is 2.15. The Kier molecular flexibility index (Phi) is 2.78. The second kappa shape index (κ2) is 3.90. The van der Waals surface area contributed by atoms with Gasteiger partial charge in [-0.25, -0.2) is 0 Å². The van der Waals surface area contributed by atoms with Crippen molar-refractivity contribution in [3.05, 3.63) is 29.6 Å². The Bertz CT molecular complexity index is 495. The van der Waals surface area contributed by atoms with Crippen LogP contribution in [-0.4, -0.2) is 15.2 Å². The molecule has 0 amide bonds. The van der Waals surface area contributed by atoms with Crippen LogP contribution in [0.25, 0.3) is 11.0 Å². The SMILES string of the molecule is Cc1cnc2cc(C=O)n(SI)c2c1. The highest BCUT2D eigenvalue weighted by atomic mass is 127. The lowest BCUT2D eigenvalue weighted by Gasteiger charge is -1.99. The summed E-state index contributed by atoms with van der Waals surface area (Å²) in [5.74, 6) is 0. The quantitative estimate of drug-likeness (QED) is 0.631. The second-order valence-electron chi connectivity index (χ2n) is 2.97. The number of hydrogen-bond donors (Lipinski definition) is 0. The zero-order valence-corrected chi connectivity index (χ0v) is 10.4. The van der Waals surface area contributed by atoms with Crippen LogP contribution < -0.4 is 0 Å². The molecule has 0 aromatic carbocycles. The Morgan fingerprint density at radius 2 is 2.36 bits per heavy atom. The number of aromatic nitrogens is 2. The fourth-order valence-corrected chi connectivity index (χ4v) is 3.05. The minimum atomic E-state index is 0.650. The summed E-state index contributed by atoms with van der Waals surface area (Å²) in [6.45, 7) is 1.99. The number of hydrogen-bond acceptors (Lipinski definition) is 3. The number of aldehydes is 1. The molecule has 0 radical (unpaired) electrons. The van der Waals surface area contributed by atoms with Crippen molar-refractivity contribution in [2.45, 2.75) is 6.92 Å². The predicted octanol–water partition coefficient (Wildman–Crippen LogP) is 3.00. The third-order valence-corrected chi connectivity index (χ3v) is 3.69. The average Bonchev–Trinajstić information content (AvgIpc) is 2.54. The van der Waals surface area contributed by atoms with Crippen molar-refractivity contribution in [1.82, 2.24) is 8.96 Å². The van der Waals surface area contributed by atoms with Crippen molar-refractivity contribution >= 4 is 47.6 Å². The minimum absolute atomic E-state index is 0.650. The maximum Gasteiger partial charge on any atom is 0.167 e. The minimum Gasteiger partial charge on any atom is -0.296 e. The van der Waals surface area contributed by atoms with Gasteiger partial charge in [-0.1, -0.05) is 0 Å². The van der Waals surface area contributed by atoms with Gasteiger partial charge in [-0.05, 0) is 24.6 Å². The van der Waals surface area contributed by atoms with E-state index in [2.05, 4.69) is 26.2 Å². The van der Waals surface area contributed by atoms with Crippen LogP contribution in [-0.2, 0) is 0 Å². The van der Waals surface area contributed by atoms with Gasteiger partial charge in [0, 0.05) is 36.5 Å². The number of carbonyl (C=O) groups excluding carboxylic acids is 1. The van der Waals surface area contributed by atoms with Gasteiger partial charge in [0.15, 0.2) is 6.29 Å². The zero-order valence-electron chi connectivity index (χ0n) is 7.40. The molecule has 0 aliphatic heterocycles. The van der Waals surface area contributed by atoms with Gasteiger partial charge in [-0.15, -0.1) is 0 Å². The topological polar surface area (TPSA) is 34.9 Å². The summed E-state index contributed by atoms with van der Waals surface area (Å²) in [6, 6.07) is 3.83. The molecular formula is C9H7IN2OS. The van der Waals surface area contributed by atoms with E-state index in [4.69, 9.17) is 0 Å². The normalized spacial score (nSPS) is 10.7. The third-order valence-electron chi connectivity index (χ3n) is 1.96. The molecule has 2 heterocycles. The lowest BCUT2D eigenvalue weighted by Crippen LogP contribution is -1.89. The molecule has 0 spiro atoms. The van der Waals surface area contributed by atoms with E-state index in [9.17, 15) is 4.79 Å². The van der Waals surface area contributed by atoms with E-state index in [1.165, 1.54) is 9.12 Å². The van der Waals surface area contributed by atoms with Gasteiger partial charge in [0.05, 0.1) is 16.7 Å². The number of fused-ring (bicyclic) bond motifs is 1. The molecule has 0 aliphatic carbocycles. The molecule has 2 aromatic heterocycles. The van der Waals surface area contributed by atoms with Gasteiger partial charge in [-0.2, -0.15) is 0 Å². The van der Waals surface area contributed by atoms with Crippen LogP contribution in [0.1, 0.15) is 16.1 Å². The highest BCUT2D eigenvalue weighted by molar-refractivity contribution is 14.2. The molecule has 0 saturated heterocycles. The number of nitrogens with zero attached hydrogens (tertiary/aromatic N) is 2. The molecule has 0 atom stereocenters. The van der Waals surface area contributed by atoms with Crippen LogP contribution in [0.15, 0.2) is 18.3 Å². The van der Waals surface area contributed by atoms with Crippen LogP contribution in [0.4, 0.5) is 0 Å². The van der Waals surface area contributed by atoms with Crippen molar-refractivity contribution in [2.24, 2.45) is 0 Å². The standard InChI is InChI=1S/C9H7IN2OS/c1-6-2-9-8(11-4-6)3-7(5-13)12(9)14-10/h2-5H,1H3. The summed E-state index contributed by atoms with van der Waals surface area (Å²) in [6.07, 6.45) is 2.65. The number of halogens is 1. The predicted molar refractivity (Wildman–Crippen MR) is 66.9 cm³/mol. The Labute approximate surface area is 97.6 Å². The second-order valence-corrected chi connectivity index (χ2v) is 4.65. The zero-order chi connectivity index (χ0) is 10.1. The van der Waals surface area contributed by atoms with Crippen molar-refractivity contribution < 1.29 is 4.79 Å². The Balaban J connectivity index is 2.81. The average molecular weight is 318 g/mol. The van der Waals surface area contributed by atoms with Crippen molar-refractivity contribution in [2.75, 3.05) is 0 Å². The van der Waals surface area contributed by atoms with Crippen LogP contribution in [0.5, 0.6) is 0 Å². The van der Waals surface area contributed by atoms with Gasteiger partial charge in [0.2, 0.25) is 0 Å². The number of pyridine rings is 1. The molecule has 2 aromatic rings. The molecule has 72 valence electrons. The maximum absolute atomic E-state index is 10.8. The summed E-state index contributed by atoms with van der Waals surface area (Å²) in [5.41, 5.74) is 3.60. The summed E-state index contributed by atoms with van der Waals surface area (Å²) in [5, 5.41) is 0. The molecule has 2 rings (SSSR count). The van der Waals surface area contributed by atoms with Gasteiger partial charge >= 0.3 is 0 Å². The molecule has 5 heteroatoms. The highest BCUT2D eigenvalue weighted by Gasteiger charge is 2.08. The van der Waals surface area contributed by atoms with Gasteiger partial charge in [0.25, 0.3) is 0 Å². The first-order valence-corrected chi connectivity index (χ1v) is 7.30. The number of rotatable bonds is 2. The molecule has 0 N–H and O–H groups in total. The third kappa shape index (κ3) is 1.54. The summed E-state index contributed by atoms with van der Waals surface area (Å²) in [7, 11) is 1.48. The monoisotopic (exact) mass is 318 g/mol. The van der Waals surface area contributed by atoms with Crippen LogP contribution >= 0.6 is 30.3 Å². The maximum atomic E-state index is 10.8. The van der Waals surface area contributed by atoms with Crippen LogP contribution in [0, 0.1) is 6.92 Å². The van der Waals surface area contributed by atoms with E-state index in [0.717, 1.165) is 22.9 Å². The lowest BCUT2D eigenvalue weighted by atomic mass is 10.3. The summed E-state index contributed by atoms with van der Waals surface area (Å²) < 4.78 is 1.88. The fraction of sp³-hybridized carbons (Fsp3) is 0.111. The van der Waals surface area contributed by atoms with Crippen LogP contribution in [0.3, 0.4) is 0 Å². The van der Waals surface area contributed by atoms with Gasteiger partial charge in [0.1, 0.15) is 0 Å². The van der Waals surface area contributed by atoms with E-state index in [1.807, 2.05) is 17.0 Å². The van der Waals surface area contributed by atoms with E-state index >= 15 is 0 Å². The lowest BCUT2D eigenvalue weighted by molar-refractivity contribution is 0.111. The number of aryl methyl sites for hydroxylation is 1. The molecule has 0 saturated carbocycles. The van der Waals surface area contributed by atoms with Gasteiger partial charge in [-0.3, -0.25) is 13.8 Å². The molecular weight excluding hydrogens is 311 g/mol. The molecule has 14 heavy (non-hydrogen) atoms. The Morgan fingerprint density at radius 3 is 3.00 bits per heavy atom. The molecule has 0 unspecified atom stereocenters. The smallest absolute Gasteiger partial charge is 0.167 e. The summed E-state index contributed by atoms with van der Waals surface area (Å²) in [4.78, 5) is 15.0. The van der Waals surface area contributed by atoms with Crippen molar-refractivity contribution in [3.8, 4) is 0 Å². The van der Waals surface area contributed by atoms with Gasteiger partial charge < -0.3 is 0 Å². The fourth-order valence-electron chi connectivity index (χ4n) is 1.33.